The molecule has 2 aliphatic carbocycles. The van der Waals surface area contributed by atoms with Crippen LogP contribution in [0.5, 0.6) is 0 Å². The molecule has 2 rings (SSSR count). The molecule has 0 aromatic rings. The maximum atomic E-state index is 12.9. The van der Waals surface area contributed by atoms with Gasteiger partial charge in [0.15, 0.2) is 10.2 Å². The Kier molecular flexibility index (Phi) is 20.1. The minimum Gasteiger partial charge on any atom is -0.358 e. The van der Waals surface area contributed by atoms with Crippen LogP contribution in [0.25, 0.3) is 0 Å². The van der Waals surface area contributed by atoms with Crippen LogP contribution in [0, 0.1) is 10.8 Å². The Labute approximate surface area is 318 Å². The largest absolute Gasteiger partial charge is 0.358 e. The molecule has 0 aromatic heterocycles. The molecule has 12 heteroatoms. The van der Waals surface area contributed by atoms with Gasteiger partial charge < -0.3 is 40.9 Å². The highest BCUT2D eigenvalue weighted by molar-refractivity contribution is 7.80. The molecule has 6 atom stereocenters. The minimum atomic E-state index is -0.325. The van der Waals surface area contributed by atoms with Gasteiger partial charge in [0.05, 0.1) is 0 Å². The van der Waals surface area contributed by atoms with Crippen molar-refractivity contribution in [2.45, 2.75) is 157 Å². The summed E-state index contributed by atoms with van der Waals surface area (Å²) in [6.07, 6.45) is 9.61. The van der Waals surface area contributed by atoms with E-state index in [1.165, 1.54) is 38.5 Å². The van der Waals surface area contributed by atoms with Crippen molar-refractivity contribution in [3.8, 4) is 0 Å². The van der Waals surface area contributed by atoms with Gasteiger partial charge in [0.1, 0.15) is 12.1 Å². The molecule has 0 heterocycles. The van der Waals surface area contributed by atoms with E-state index in [1.54, 1.807) is 0 Å². The standard InChI is InChI=1S/2C19H38N4OS/c2*1-8-23(9-2)17(24)16(19(3,4)5)21-18(25)20-14-12-10-11-13-15(14)22(6)7/h2*14-16H,8-13H2,1-7H3,(H2,20,21,25)/t2*14-,15-,16-/m11/s1. The smallest absolute Gasteiger partial charge is 0.245 e. The highest BCUT2D eigenvalue weighted by Crippen LogP contribution is 2.25. The number of hydrogen-bond donors (Lipinski definition) is 4. The molecule has 0 aliphatic heterocycles. The molecular weight excluding hydrogens is 665 g/mol. The minimum absolute atomic E-state index is 0.120. The van der Waals surface area contributed by atoms with Crippen LogP contribution in [0.3, 0.4) is 0 Å². The Morgan fingerprint density at radius 2 is 0.860 bits per heavy atom. The van der Waals surface area contributed by atoms with Gasteiger partial charge in [-0.05, 0) is 117 Å². The zero-order valence-corrected chi connectivity index (χ0v) is 36.0. The van der Waals surface area contributed by atoms with E-state index >= 15 is 0 Å². The lowest BCUT2D eigenvalue weighted by Gasteiger charge is -2.39. The van der Waals surface area contributed by atoms with Crippen molar-refractivity contribution in [1.82, 2.24) is 40.9 Å². The average molecular weight is 741 g/mol. The van der Waals surface area contributed by atoms with Crippen LogP contribution in [0.4, 0.5) is 0 Å². The highest BCUT2D eigenvalue weighted by atomic mass is 32.1. The molecule has 0 aromatic carbocycles. The summed E-state index contributed by atoms with van der Waals surface area (Å²) in [5.74, 6) is 0.240. The monoisotopic (exact) mass is 741 g/mol. The van der Waals surface area contributed by atoms with Gasteiger partial charge in [-0.1, -0.05) is 67.2 Å². The van der Waals surface area contributed by atoms with Crippen molar-refractivity contribution < 1.29 is 9.59 Å². The second kappa shape index (κ2) is 21.7. The fourth-order valence-electron chi connectivity index (χ4n) is 7.21. The van der Waals surface area contributed by atoms with E-state index < -0.39 is 0 Å². The predicted molar refractivity (Wildman–Crippen MR) is 220 cm³/mol. The van der Waals surface area contributed by atoms with Crippen molar-refractivity contribution in [2.75, 3.05) is 54.4 Å². The second-order valence-corrected chi connectivity index (χ2v) is 17.5. The summed E-state index contributed by atoms with van der Waals surface area (Å²) in [5, 5.41) is 14.8. The van der Waals surface area contributed by atoms with Crippen molar-refractivity contribution in [1.29, 1.82) is 0 Å². The van der Waals surface area contributed by atoms with E-state index in [9.17, 15) is 9.59 Å². The third kappa shape index (κ3) is 14.7. The molecule has 10 nitrogen and oxygen atoms in total. The quantitative estimate of drug-likeness (QED) is 0.200. The number of hydrogen-bond acceptors (Lipinski definition) is 6. The molecule has 2 fully saturated rings. The first-order valence-corrected chi connectivity index (χ1v) is 20.1. The molecule has 2 amide bonds. The van der Waals surface area contributed by atoms with Gasteiger partial charge in [0.2, 0.25) is 11.8 Å². The highest BCUT2D eigenvalue weighted by Gasteiger charge is 2.37. The Balaban J connectivity index is 0.000000500. The van der Waals surface area contributed by atoms with Crippen LogP contribution in [0.2, 0.25) is 0 Å². The number of carbonyl (C=O) groups excluding carboxylic acids is 2. The topological polar surface area (TPSA) is 95.2 Å². The zero-order chi connectivity index (χ0) is 38.4. The molecule has 292 valence electrons. The van der Waals surface area contributed by atoms with E-state index in [1.807, 2.05) is 37.5 Å². The number of likely N-dealkylation sites (N-methyl/N-ethyl adjacent to an activating group) is 4. The Morgan fingerprint density at radius 1 is 0.580 bits per heavy atom. The SMILES string of the molecule is CCN(CC)C(=O)[C@@H](NC(=S)N[C@@H]1CCCC[C@H]1N(C)C)C(C)(C)C.CCN(CC)C(=O)[C@@H](NC(=S)N[C@@H]1CCCC[C@H]1N(C)C)C(C)(C)C. The third-order valence-corrected chi connectivity index (χ3v) is 10.8. The molecule has 0 radical (unpaired) electrons. The van der Waals surface area contributed by atoms with Crippen LogP contribution >= 0.6 is 24.4 Å². The number of nitrogens with one attached hydrogen (secondary N) is 4. The summed E-state index contributed by atoms with van der Waals surface area (Å²) in [4.78, 5) is 34.1. The summed E-state index contributed by atoms with van der Waals surface area (Å²) in [6, 6.07) is 1.00. The first-order chi connectivity index (χ1) is 23.2. The van der Waals surface area contributed by atoms with Gasteiger partial charge in [0.25, 0.3) is 0 Å². The van der Waals surface area contributed by atoms with Crippen LogP contribution in [0.1, 0.15) is 121 Å². The van der Waals surface area contributed by atoms with Gasteiger partial charge in [-0.25, -0.2) is 0 Å². The van der Waals surface area contributed by atoms with E-state index in [0.717, 1.165) is 39.0 Å². The van der Waals surface area contributed by atoms with E-state index in [4.69, 9.17) is 24.4 Å². The number of nitrogens with zero attached hydrogens (tertiary/aromatic N) is 4. The maximum absolute atomic E-state index is 12.9. The summed E-state index contributed by atoms with van der Waals surface area (Å²) in [5.41, 5.74) is -0.419. The van der Waals surface area contributed by atoms with Crippen molar-refractivity contribution >= 4 is 46.5 Å². The third-order valence-electron chi connectivity index (χ3n) is 10.3. The Hall–Kier alpha value is -1.76. The van der Waals surface area contributed by atoms with Crippen LogP contribution in [0.15, 0.2) is 0 Å². The van der Waals surface area contributed by atoms with Crippen LogP contribution < -0.4 is 21.3 Å². The summed E-state index contributed by atoms with van der Waals surface area (Å²) in [6.45, 7) is 23.4. The van der Waals surface area contributed by atoms with Gasteiger partial charge in [-0.15, -0.1) is 0 Å². The molecule has 0 saturated heterocycles. The lowest BCUT2D eigenvalue weighted by Crippen LogP contribution is -2.59. The first-order valence-electron chi connectivity index (χ1n) is 19.3. The van der Waals surface area contributed by atoms with Crippen LogP contribution in [-0.2, 0) is 9.59 Å². The summed E-state index contributed by atoms with van der Waals surface area (Å²) in [7, 11) is 8.51. The van der Waals surface area contributed by atoms with E-state index in [-0.39, 0.29) is 34.7 Å². The van der Waals surface area contributed by atoms with Crippen molar-refractivity contribution in [2.24, 2.45) is 10.8 Å². The van der Waals surface area contributed by atoms with Gasteiger partial charge >= 0.3 is 0 Å². The maximum Gasteiger partial charge on any atom is 0.245 e. The number of amides is 2. The number of carbonyl (C=O) groups is 2. The number of rotatable bonds is 12. The fourth-order valence-corrected chi connectivity index (χ4v) is 7.75. The summed E-state index contributed by atoms with van der Waals surface area (Å²) >= 11 is 11.2. The average Bonchev–Trinajstić information content (AvgIpc) is 3.03. The lowest BCUT2D eigenvalue weighted by molar-refractivity contribution is -0.136. The Bertz CT molecular complexity index is 968. The van der Waals surface area contributed by atoms with Crippen LogP contribution in [-0.4, -0.2) is 132 Å². The van der Waals surface area contributed by atoms with Crippen molar-refractivity contribution in [3.05, 3.63) is 0 Å². The Morgan fingerprint density at radius 3 is 1.10 bits per heavy atom. The first kappa shape index (κ1) is 46.3. The molecule has 4 N–H and O–H groups in total. The lowest BCUT2D eigenvalue weighted by atomic mass is 9.85. The molecule has 50 heavy (non-hydrogen) atoms. The molecule has 2 aliphatic rings. The molecule has 0 bridgehead atoms. The zero-order valence-electron chi connectivity index (χ0n) is 34.4. The molecule has 2 saturated carbocycles. The van der Waals surface area contributed by atoms with Gasteiger partial charge in [0, 0.05) is 50.3 Å². The molecule has 0 unspecified atom stereocenters. The van der Waals surface area contributed by atoms with Gasteiger partial charge in [-0.3, -0.25) is 9.59 Å². The van der Waals surface area contributed by atoms with E-state index in [0.29, 0.717) is 34.4 Å². The summed E-state index contributed by atoms with van der Waals surface area (Å²) < 4.78 is 0. The molecular formula is C38H76N8O2S2. The van der Waals surface area contributed by atoms with Gasteiger partial charge in [-0.2, -0.15) is 0 Å². The second-order valence-electron chi connectivity index (χ2n) is 16.7. The normalized spacial score (nSPS) is 22.4. The molecule has 0 spiro atoms. The van der Waals surface area contributed by atoms with Crippen molar-refractivity contribution in [3.63, 3.8) is 0 Å². The fraction of sp³-hybridized carbons (Fsp3) is 0.895. The number of thiocarbonyl (C=S) groups is 2. The van der Waals surface area contributed by atoms with E-state index in [2.05, 4.69) is 101 Å². The predicted octanol–water partition coefficient (Wildman–Crippen LogP) is 5.21.